The van der Waals surface area contributed by atoms with E-state index in [1.807, 2.05) is 0 Å². The lowest BCUT2D eigenvalue weighted by molar-refractivity contribution is -0.144. The van der Waals surface area contributed by atoms with Gasteiger partial charge in [-0.2, -0.15) is 0 Å². The first-order valence-electron chi connectivity index (χ1n) is 6.56. The van der Waals surface area contributed by atoms with Crippen LogP contribution in [0.3, 0.4) is 0 Å². The van der Waals surface area contributed by atoms with Crippen LogP contribution in [-0.2, 0) is 9.53 Å². The number of nitrogens with two attached hydrogens (primary N) is 1. The summed E-state index contributed by atoms with van der Waals surface area (Å²) in [5.41, 5.74) is 5.47. The van der Waals surface area contributed by atoms with Crippen LogP contribution in [-0.4, -0.2) is 19.1 Å². The Morgan fingerprint density at radius 1 is 1.25 bits per heavy atom. The third-order valence-electron chi connectivity index (χ3n) is 2.75. The third-order valence-corrected chi connectivity index (χ3v) is 2.75. The molecule has 0 radical (unpaired) electrons. The molecule has 0 aromatic carbocycles. The van der Waals surface area contributed by atoms with E-state index in [0.717, 1.165) is 12.8 Å². The number of hydrogen-bond acceptors (Lipinski definition) is 3. The van der Waals surface area contributed by atoms with E-state index in [1.54, 1.807) is 0 Å². The van der Waals surface area contributed by atoms with Crippen molar-refractivity contribution in [2.45, 2.75) is 58.8 Å². The highest BCUT2D eigenvalue weighted by atomic mass is 16.5. The zero-order chi connectivity index (χ0) is 12.2. The monoisotopic (exact) mass is 229 g/mol. The van der Waals surface area contributed by atoms with Gasteiger partial charge in [-0.1, -0.05) is 39.5 Å². The van der Waals surface area contributed by atoms with E-state index in [2.05, 4.69) is 13.8 Å². The second kappa shape index (κ2) is 10.9. The van der Waals surface area contributed by atoms with Gasteiger partial charge in [-0.3, -0.25) is 4.79 Å². The molecular formula is C13H27NO2. The number of hydrogen-bond donors (Lipinski definition) is 1. The second-order valence-corrected chi connectivity index (χ2v) is 4.51. The van der Waals surface area contributed by atoms with E-state index in [0.29, 0.717) is 25.5 Å². The first-order valence-corrected chi connectivity index (χ1v) is 6.56. The van der Waals surface area contributed by atoms with Crippen LogP contribution in [0.4, 0.5) is 0 Å². The van der Waals surface area contributed by atoms with E-state index in [1.165, 1.54) is 25.7 Å². The Kier molecular flexibility index (Phi) is 10.5. The van der Waals surface area contributed by atoms with Crippen LogP contribution < -0.4 is 5.73 Å². The topological polar surface area (TPSA) is 52.3 Å². The van der Waals surface area contributed by atoms with Gasteiger partial charge in [0.2, 0.25) is 0 Å². The van der Waals surface area contributed by atoms with Crippen LogP contribution in [0.2, 0.25) is 0 Å². The van der Waals surface area contributed by atoms with Gasteiger partial charge < -0.3 is 10.5 Å². The van der Waals surface area contributed by atoms with Crippen molar-refractivity contribution in [2.24, 2.45) is 11.7 Å². The molecule has 0 fully saturated rings. The fourth-order valence-corrected chi connectivity index (χ4v) is 1.45. The maximum absolute atomic E-state index is 11.3. The summed E-state index contributed by atoms with van der Waals surface area (Å²) in [4.78, 5) is 11.3. The van der Waals surface area contributed by atoms with E-state index in [-0.39, 0.29) is 5.97 Å². The maximum atomic E-state index is 11.3. The Morgan fingerprint density at radius 3 is 2.56 bits per heavy atom. The Bertz CT molecular complexity index is 171. The van der Waals surface area contributed by atoms with Crippen LogP contribution in [0, 0.1) is 5.92 Å². The van der Waals surface area contributed by atoms with Gasteiger partial charge in [0.05, 0.1) is 6.61 Å². The van der Waals surface area contributed by atoms with Crippen LogP contribution in [0.1, 0.15) is 58.8 Å². The van der Waals surface area contributed by atoms with Gasteiger partial charge in [0.25, 0.3) is 0 Å². The van der Waals surface area contributed by atoms with Crippen molar-refractivity contribution in [3.05, 3.63) is 0 Å². The highest BCUT2D eigenvalue weighted by molar-refractivity contribution is 5.69. The summed E-state index contributed by atoms with van der Waals surface area (Å²) >= 11 is 0. The molecule has 0 aliphatic heterocycles. The highest BCUT2D eigenvalue weighted by Crippen LogP contribution is 2.06. The molecule has 1 unspecified atom stereocenters. The molecule has 0 bridgehead atoms. The lowest BCUT2D eigenvalue weighted by Gasteiger charge is -2.08. The van der Waals surface area contributed by atoms with Gasteiger partial charge >= 0.3 is 5.97 Å². The molecule has 0 rings (SSSR count). The minimum atomic E-state index is -0.0733. The van der Waals surface area contributed by atoms with Crippen molar-refractivity contribution in [3.8, 4) is 0 Å². The summed E-state index contributed by atoms with van der Waals surface area (Å²) in [7, 11) is 0. The molecule has 0 aliphatic carbocycles. The molecule has 0 amide bonds. The lowest BCUT2D eigenvalue weighted by atomic mass is 10.1. The van der Waals surface area contributed by atoms with Crippen LogP contribution in [0.5, 0.6) is 0 Å². The smallest absolute Gasteiger partial charge is 0.305 e. The summed E-state index contributed by atoms with van der Waals surface area (Å²) < 4.78 is 5.14. The molecule has 0 aromatic rings. The maximum Gasteiger partial charge on any atom is 0.305 e. The number of ether oxygens (including phenoxy) is 1. The molecule has 1 atom stereocenters. The van der Waals surface area contributed by atoms with Crippen LogP contribution in [0.25, 0.3) is 0 Å². The highest BCUT2D eigenvalue weighted by Gasteiger charge is 2.06. The number of carbonyl (C=O) groups is 1. The number of esters is 1. The first kappa shape index (κ1) is 15.4. The molecule has 96 valence electrons. The number of carbonyl (C=O) groups excluding carboxylic acids is 1. The summed E-state index contributed by atoms with van der Waals surface area (Å²) in [6.07, 6.45) is 7.29. The van der Waals surface area contributed by atoms with E-state index in [4.69, 9.17) is 10.5 Å². The molecule has 0 heterocycles. The fraction of sp³-hybridized carbons (Fsp3) is 0.923. The summed E-state index contributed by atoms with van der Waals surface area (Å²) in [5, 5.41) is 0. The van der Waals surface area contributed by atoms with E-state index < -0.39 is 0 Å². The molecular weight excluding hydrogens is 202 g/mol. The van der Waals surface area contributed by atoms with Crippen molar-refractivity contribution in [1.82, 2.24) is 0 Å². The van der Waals surface area contributed by atoms with Gasteiger partial charge in [-0.15, -0.1) is 0 Å². The fourth-order valence-electron chi connectivity index (χ4n) is 1.45. The third kappa shape index (κ3) is 9.97. The van der Waals surface area contributed by atoms with E-state index >= 15 is 0 Å². The molecule has 0 aromatic heterocycles. The first-order chi connectivity index (χ1) is 7.70. The SMILES string of the molecule is CCCCCCCOC(=O)CCC(C)CN. The molecule has 3 heteroatoms. The normalized spacial score (nSPS) is 12.4. The quantitative estimate of drug-likeness (QED) is 0.463. The summed E-state index contributed by atoms with van der Waals surface area (Å²) in [6.45, 7) is 5.47. The van der Waals surface area contributed by atoms with Gasteiger partial charge in [-0.05, 0) is 25.3 Å². The molecule has 0 spiro atoms. The van der Waals surface area contributed by atoms with Gasteiger partial charge in [-0.25, -0.2) is 0 Å². The van der Waals surface area contributed by atoms with Crippen molar-refractivity contribution in [3.63, 3.8) is 0 Å². The van der Waals surface area contributed by atoms with Crippen LogP contribution >= 0.6 is 0 Å². The Hall–Kier alpha value is -0.570. The molecule has 2 N–H and O–H groups in total. The van der Waals surface area contributed by atoms with Crippen molar-refractivity contribution in [2.75, 3.05) is 13.2 Å². The minimum Gasteiger partial charge on any atom is -0.466 e. The molecule has 0 saturated heterocycles. The number of rotatable bonds is 10. The molecule has 3 nitrogen and oxygen atoms in total. The predicted molar refractivity (Wildman–Crippen MR) is 67.2 cm³/mol. The second-order valence-electron chi connectivity index (χ2n) is 4.51. The van der Waals surface area contributed by atoms with Gasteiger partial charge in [0.1, 0.15) is 0 Å². The molecule has 16 heavy (non-hydrogen) atoms. The van der Waals surface area contributed by atoms with Crippen molar-refractivity contribution in [1.29, 1.82) is 0 Å². The zero-order valence-electron chi connectivity index (χ0n) is 10.8. The summed E-state index contributed by atoms with van der Waals surface area (Å²) in [5.74, 6) is 0.341. The average molecular weight is 229 g/mol. The Morgan fingerprint density at radius 2 is 1.94 bits per heavy atom. The van der Waals surface area contributed by atoms with Crippen molar-refractivity contribution >= 4 is 5.97 Å². The van der Waals surface area contributed by atoms with Gasteiger partial charge in [0.15, 0.2) is 0 Å². The number of unbranched alkanes of at least 4 members (excludes halogenated alkanes) is 4. The van der Waals surface area contributed by atoms with Crippen LogP contribution in [0.15, 0.2) is 0 Å². The zero-order valence-corrected chi connectivity index (χ0v) is 10.8. The minimum absolute atomic E-state index is 0.0733. The van der Waals surface area contributed by atoms with Gasteiger partial charge in [0, 0.05) is 6.42 Å². The average Bonchev–Trinajstić information content (AvgIpc) is 2.30. The molecule has 0 saturated carbocycles. The standard InChI is InChI=1S/C13H27NO2/c1-3-4-5-6-7-10-16-13(15)9-8-12(2)11-14/h12H,3-11,14H2,1-2H3. The largest absolute Gasteiger partial charge is 0.466 e. The predicted octanol–water partition coefficient (Wildman–Crippen LogP) is 2.88. The van der Waals surface area contributed by atoms with E-state index in [9.17, 15) is 4.79 Å². The van der Waals surface area contributed by atoms with Crippen molar-refractivity contribution < 1.29 is 9.53 Å². The molecule has 0 aliphatic rings. The Balaban J connectivity index is 3.24. The Labute approximate surface area is 99.7 Å². The lowest BCUT2D eigenvalue weighted by Crippen LogP contribution is -2.13. The summed E-state index contributed by atoms with van der Waals surface area (Å²) in [6, 6.07) is 0.